The molecule has 0 aromatic heterocycles. The van der Waals surface area contributed by atoms with Crippen molar-refractivity contribution in [2.45, 2.75) is 19.8 Å². The Morgan fingerprint density at radius 1 is 1.10 bits per heavy atom. The van der Waals surface area contributed by atoms with E-state index in [2.05, 4.69) is 5.32 Å². The fourth-order valence-electron chi connectivity index (χ4n) is 4.36. The van der Waals surface area contributed by atoms with Crippen LogP contribution in [0.15, 0.2) is 42.5 Å². The van der Waals surface area contributed by atoms with Crippen molar-refractivity contribution >= 4 is 23.5 Å². The van der Waals surface area contributed by atoms with Gasteiger partial charge in [-0.25, -0.2) is 4.79 Å². The quantitative estimate of drug-likeness (QED) is 0.787. The first-order chi connectivity index (χ1) is 14.3. The second-order valence-electron chi connectivity index (χ2n) is 8.06. The number of carbonyl (C=O) groups is 3. The first-order valence-electron chi connectivity index (χ1n) is 9.95. The van der Waals surface area contributed by atoms with E-state index >= 15 is 0 Å². The van der Waals surface area contributed by atoms with Gasteiger partial charge in [0.25, 0.3) is 0 Å². The fraction of sp³-hybridized carbons (Fsp3) is 0.348. The number of methoxy groups -OCH3 is 1. The number of carbonyl (C=O) groups excluding carboxylic acids is 3. The van der Waals surface area contributed by atoms with Crippen LogP contribution in [-0.4, -0.2) is 50.0 Å². The van der Waals surface area contributed by atoms with Crippen molar-refractivity contribution < 1.29 is 19.1 Å². The van der Waals surface area contributed by atoms with Gasteiger partial charge >= 0.3 is 6.03 Å². The van der Waals surface area contributed by atoms with Crippen molar-refractivity contribution in [3.05, 3.63) is 59.2 Å². The molecular formula is C23H25N3O4. The lowest BCUT2D eigenvalue weighted by Gasteiger charge is -2.45. The zero-order chi connectivity index (χ0) is 21.5. The molecule has 1 atom stereocenters. The molecule has 4 amide bonds. The molecule has 4 rings (SSSR count). The van der Waals surface area contributed by atoms with Crippen molar-refractivity contribution in [2.75, 3.05) is 32.1 Å². The van der Waals surface area contributed by atoms with Gasteiger partial charge in [0.05, 0.1) is 7.11 Å². The number of amides is 4. The minimum absolute atomic E-state index is 0.205. The number of rotatable bonds is 4. The number of barbiturate groups is 1. The van der Waals surface area contributed by atoms with Crippen molar-refractivity contribution in [3.8, 4) is 5.75 Å². The van der Waals surface area contributed by atoms with Crippen LogP contribution in [0.5, 0.6) is 5.75 Å². The van der Waals surface area contributed by atoms with Gasteiger partial charge in [-0.2, -0.15) is 0 Å². The third kappa shape index (κ3) is 3.30. The average molecular weight is 407 g/mol. The molecule has 2 aliphatic heterocycles. The predicted molar refractivity (Wildman–Crippen MR) is 113 cm³/mol. The summed E-state index contributed by atoms with van der Waals surface area (Å²) in [6.45, 7) is 2.42. The van der Waals surface area contributed by atoms with E-state index in [0.717, 1.165) is 28.1 Å². The number of ether oxygens (including phenoxy) is 1. The summed E-state index contributed by atoms with van der Waals surface area (Å²) in [5.41, 5.74) is 2.69. The van der Waals surface area contributed by atoms with Crippen LogP contribution < -0.4 is 15.0 Å². The highest BCUT2D eigenvalue weighted by Gasteiger charge is 2.56. The molecular weight excluding hydrogens is 382 g/mol. The highest BCUT2D eigenvalue weighted by Crippen LogP contribution is 2.39. The normalized spacial score (nSPS) is 21.0. The number of fused-ring (bicyclic) bond motifs is 1. The molecule has 2 aromatic carbocycles. The fourth-order valence-corrected chi connectivity index (χ4v) is 4.36. The Hall–Kier alpha value is -3.35. The van der Waals surface area contributed by atoms with Crippen molar-refractivity contribution in [1.82, 2.24) is 10.2 Å². The number of anilines is 1. The maximum atomic E-state index is 13.5. The predicted octanol–water partition coefficient (Wildman–Crippen LogP) is 2.30. The molecule has 0 aliphatic carbocycles. The smallest absolute Gasteiger partial charge is 0.330 e. The van der Waals surface area contributed by atoms with Crippen LogP contribution in [0, 0.1) is 12.3 Å². The van der Waals surface area contributed by atoms with Crippen LogP contribution in [-0.2, 0) is 22.4 Å². The Kier molecular flexibility index (Phi) is 4.97. The monoisotopic (exact) mass is 407 g/mol. The minimum atomic E-state index is -1.30. The summed E-state index contributed by atoms with van der Waals surface area (Å²) < 4.78 is 5.16. The topological polar surface area (TPSA) is 79.0 Å². The molecule has 2 aromatic rings. The maximum absolute atomic E-state index is 13.5. The highest BCUT2D eigenvalue weighted by atomic mass is 16.5. The van der Waals surface area contributed by atoms with Crippen molar-refractivity contribution in [3.63, 3.8) is 0 Å². The zero-order valence-electron chi connectivity index (χ0n) is 17.4. The number of aryl methyl sites for hydroxylation is 1. The van der Waals surface area contributed by atoms with E-state index in [1.54, 1.807) is 7.11 Å². The molecule has 0 bridgehead atoms. The molecule has 0 radical (unpaired) electrons. The van der Waals surface area contributed by atoms with Gasteiger partial charge in [-0.15, -0.1) is 0 Å². The molecule has 2 heterocycles. The number of nitrogens with one attached hydrogen (secondary N) is 1. The van der Waals surface area contributed by atoms with E-state index in [1.165, 1.54) is 4.90 Å². The number of imide groups is 2. The third-order valence-corrected chi connectivity index (χ3v) is 5.98. The molecule has 7 nitrogen and oxygen atoms in total. The lowest BCUT2D eigenvalue weighted by atomic mass is 9.74. The van der Waals surface area contributed by atoms with E-state index < -0.39 is 23.3 Å². The first kappa shape index (κ1) is 19.9. The lowest BCUT2D eigenvalue weighted by Crippen LogP contribution is -2.68. The molecule has 0 saturated carbocycles. The summed E-state index contributed by atoms with van der Waals surface area (Å²) in [4.78, 5) is 42.0. The van der Waals surface area contributed by atoms with E-state index in [0.29, 0.717) is 6.42 Å². The molecule has 7 heteroatoms. The van der Waals surface area contributed by atoms with Crippen LogP contribution >= 0.6 is 0 Å². The van der Waals surface area contributed by atoms with Gasteiger partial charge in [0.15, 0.2) is 0 Å². The Morgan fingerprint density at radius 2 is 1.83 bits per heavy atom. The summed E-state index contributed by atoms with van der Waals surface area (Å²) >= 11 is 0. The van der Waals surface area contributed by atoms with E-state index in [9.17, 15) is 14.4 Å². The largest absolute Gasteiger partial charge is 0.497 e. The van der Waals surface area contributed by atoms with Gasteiger partial charge in [0.2, 0.25) is 11.8 Å². The Morgan fingerprint density at radius 3 is 2.53 bits per heavy atom. The van der Waals surface area contributed by atoms with Crippen molar-refractivity contribution in [2.24, 2.45) is 5.41 Å². The van der Waals surface area contributed by atoms with Gasteiger partial charge in [-0.05, 0) is 49.1 Å². The molecule has 0 unspecified atom stereocenters. The molecule has 156 valence electrons. The van der Waals surface area contributed by atoms with Gasteiger partial charge in [0, 0.05) is 25.8 Å². The second-order valence-corrected chi connectivity index (χ2v) is 8.06. The number of benzene rings is 2. The summed E-state index contributed by atoms with van der Waals surface area (Å²) in [5.74, 6) is -0.199. The summed E-state index contributed by atoms with van der Waals surface area (Å²) in [6, 6.07) is 12.9. The van der Waals surface area contributed by atoms with Crippen LogP contribution in [0.4, 0.5) is 10.5 Å². The summed E-state index contributed by atoms with van der Waals surface area (Å²) in [7, 11) is 3.47. The Balaban J connectivity index is 1.59. The van der Waals surface area contributed by atoms with Crippen LogP contribution in [0.3, 0.4) is 0 Å². The Bertz CT molecular complexity index is 1020. The summed E-state index contributed by atoms with van der Waals surface area (Å²) in [6.07, 6.45) is 0.782. The maximum Gasteiger partial charge on any atom is 0.330 e. The van der Waals surface area contributed by atoms with Crippen molar-refractivity contribution in [1.29, 1.82) is 0 Å². The number of hydrogen-bond donors (Lipinski definition) is 1. The standard InChI is InChI=1S/C23H25N3O4/c1-15-4-9-19-17(12-15)13-23(14-25(19)2)20(27)24-22(29)26(21(23)28)11-10-16-5-7-18(30-3)8-6-16/h4-9,12H,10-11,13-14H2,1-3H3,(H,24,27,29)/t23-/m1/s1. The van der Waals surface area contributed by atoms with Gasteiger partial charge in [-0.3, -0.25) is 19.8 Å². The number of nitrogens with zero attached hydrogens (tertiary/aromatic N) is 2. The third-order valence-electron chi connectivity index (χ3n) is 5.98. The second kappa shape index (κ2) is 7.48. The summed E-state index contributed by atoms with van der Waals surface area (Å²) in [5, 5.41) is 2.42. The SMILES string of the molecule is COc1ccc(CCN2C(=O)NC(=O)[C@]3(Cc4cc(C)ccc4N(C)C3)C2=O)cc1. The molecule has 1 N–H and O–H groups in total. The minimum Gasteiger partial charge on any atom is -0.497 e. The lowest BCUT2D eigenvalue weighted by molar-refractivity contribution is -0.151. The van der Waals surface area contributed by atoms with Crippen LogP contribution in [0.2, 0.25) is 0 Å². The zero-order valence-corrected chi connectivity index (χ0v) is 17.4. The van der Waals surface area contributed by atoms with Crippen LogP contribution in [0.25, 0.3) is 0 Å². The van der Waals surface area contributed by atoms with Crippen LogP contribution in [0.1, 0.15) is 16.7 Å². The molecule has 1 spiro atoms. The van der Waals surface area contributed by atoms with E-state index in [4.69, 9.17) is 4.74 Å². The highest BCUT2D eigenvalue weighted by molar-refractivity contribution is 6.20. The van der Waals surface area contributed by atoms with E-state index in [-0.39, 0.29) is 19.5 Å². The molecule has 30 heavy (non-hydrogen) atoms. The molecule has 2 aliphatic rings. The molecule has 1 saturated heterocycles. The number of urea groups is 1. The number of hydrogen-bond acceptors (Lipinski definition) is 5. The average Bonchev–Trinajstić information content (AvgIpc) is 2.72. The van der Waals surface area contributed by atoms with E-state index in [1.807, 2.05) is 61.3 Å². The van der Waals surface area contributed by atoms with Gasteiger partial charge in [0.1, 0.15) is 11.2 Å². The van der Waals surface area contributed by atoms with Gasteiger partial charge < -0.3 is 9.64 Å². The Labute approximate surface area is 175 Å². The first-order valence-corrected chi connectivity index (χ1v) is 9.95. The molecule has 1 fully saturated rings. The van der Waals surface area contributed by atoms with Gasteiger partial charge in [-0.1, -0.05) is 29.8 Å².